The van der Waals surface area contributed by atoms with E-state index in [2.05, 4.69) is 19.9 Å². The zero-order valence-corrected chi connectivity index (χ0v) is 22.1. The molecule has 1 aliphatic heterocycles. The summed E-state index contributed by atoms with van der Waals surface area (Å²) in [7, 11) is -3.84. The maximum Gasteiger partial charge on any atom is 0.261 e. The molecule has 5 rings (SSSR count). The van der Waals surface area contributed by atoms with E-state index in [4.69, 9.17) is 0 Å². The highest BCUT2D eigenvalue weighted by Crippen LogP contribution is 2.25. The van der Waals surface area contributed by atoms with Gasteiger partial charge < -0.3 is 10.2 Å². The first-order valence-corrected chi connectivity index (χ1v) is 14.2. The van der Waals surface area contributed by atoms with E-state index in [1.54, 1.807) is 42.7 Å². The van der Waals surface area contributed by atoms with Crippen molar-refractivity contribution in [3.63, 3.8) is 0 Å². The predicted molar refractivity (Wildman–Crippen MR) is 151 cm³/mol. The van der Waals surface area contributed by atoms with Crippen LogP contribution in [0.15, 0.2) is 94.9 Å². The fourth-order valence-electron chi connectivity index (χ4n) is 4.58. The van der Waals surface area contributed by atoms with Crippen LogP contribution in [-0.4, -0.2) is 44.1 Å². The normalized spacial score (nSPS) is 14.2. The number of rotatable bonds is 7. The molecule has 1 saturated heterocycles. The molecule has 2 heterocycles. The van der Waals surface area contributed by atoms with Crippen molar-refractivity contribution in [2.75, 3.05) is 35.8 Å². The minimum atomic E-state index is -3.84. The molecule has 2 N–H and O–H groups in total. The molecule has 1 fully saturated rings. The van der Waals surface area contributed by atoms with Crippen molar-refractivity contribution in [3.05, 3.63) is 107 Å². The number of aryl methyl sites for hydroxylation is 1. The van der Waals surface area contributed by atoms with E-state index in [1.165, 1.54) is 4.57 Å². The molecule has 0 aliphatic carbocycles. The first kappa shape index (κ1) is 25.7. The maximum atomic E-state index is 13.3. The van der Waals surface area contributed by atoms with Crippen molar-refractivity contribution in [1.29, 1.82) is 0 Å². The van der Waals surface area contributed by atoms with Gasteiger partial charge in [-0.15, -0.1) is 0 Å². The Kier molecular flexibility index (Phi) is 7.57. The molecule has 0 bridgehead atoms. The quantitative estimate of drug-likeness (QED) is 0.377. The van der Waals surface area contributed by atoms with Gasteiger partial charge in [-0.1, -0.05) is 60.2 Å². The second-order valence-corrected chi connectivity index (χ2v) is 11.1. The number of anilines is 2. The molecule has 1 aromatic heterocycles. The van der Waals surface area contributed by atoms with E-state index in [1.807, 2.05) is 49.4 Å². The summed E-state index contributed by atoms with van der Waals surface area (Å²) in [6.07, 6.45) is 2.53. The third kappa shape index (κ3) is 5.95. The number of nitrogens with zero attached hydrogens (tertiary/aromatic N) is 3. The molecule has 0 atom stereocenters. The average molecular weight is 530 g/mol. The first-order valence-electron chi connectivity index (χ1n) is 12.7. The van der Waals surface area contributed by atoms with E-state index in [0.29, 0.717) is 17.1 Å². The molecule has 0 saturated carbocycles. The van der Waals surface area contributed by atoms with Gasteiger partial charge in [0.25, 0.3) is 15.6 Å². The SMILES string of the molecule is Cc1ccc(NS(=O)(=O)c2ccc(-c3ccccc3)cc2)c(Cn2cnc(N3CCCNCC3)cc2=O)c1. The van der Waals surface area contributed by atoms with Crippen molar-refractivity contribution in [2.45, 2.75) is 24.8 Å². The molecule has 0 radical (unpaired) electrons. The van der Waals surface area contributed by atoms with Crippen LogP contribution in [0, 0.1) is 6.92 Å². The third-order valence-corrected chi connectivity index (χ3v) is 8.03. The van der Waals surface area contributed by atoms with Gasteiger partial charge in [0.2, 0.25) is 0 Å². The number of hydrogen-bond acceptors (Lipinski definition) is 6. The standard InChI is InChI=1S/C29H31N5O3S/c1-22-8-13-27(32-38(36,37)26-11-9-24(10-12-26)23-6-3-2-4-7-23)25(18-22)20-34-21-31-28(19-29(34)35)33-16-5-14-30-15-17-33/h2-4,6-13,18-19,21,30,32H,5,14-17,20H2,1H3. The summed E-state index contributed by atoms with van der Waals surface area (Å²) in [6.45, 7) is 5.58. The van der Waals surface area contributed by atoms with E-state index >= 15 is 0 Å². The number of sulfonamides is 1. The number of hydrogen-bond donors (Lipinski definition) is 2. The summed E-state index contributed by atoms with van der Waals surface area (Å²) in [5.74, 6) is 0.666. The first-order chi connectivity index (χ1) is 18.4. The number of aromatic nitrogens is 2. The van der Waals surface area contributed by atoms with E-state index in [9.17, 15) is 13.2 Å². The van der Waals surface area contributed by atoms with Crippen LogP contribution in [0.25, 0.3) is 11.1 Å². The van der Waals surface area contributed by atoms with Crippen LogP contribution in [0.1, 0.15) is 17.5 Å². The molecule has 3 aromatic carbocycles. The predicted octanol–water partition coefficient (Wildman–Crippen LogP) is 3.87. The summed E-state index contributed by atoms with van der Waals surface area (Å²) < 4.78 is 30.7. The zero-order chi connectivity index (χ0) is 26.5. The Hall–Kier alpha value is -3.95. The van der Waals surface area contributed by atoms with Gasteiger partial charge in [0.05, 0.1) is 17.1 Å². The summed E-state index contributed by atoms with van der Waals surface area (Å²) >= 11 is 0. The van der Waals surface area contributed by atoms with Crippen LogP contribution in [-0.2, 0) is 16.6 Å². The fraction of sp³-hybridized carbons (Fsp3) is 0.241. The fourth-order valence-corrected chi connectivity index (χ4v) is 5.68. The van der Waals surface area contributed by atoms with Crippen LogP contribution < -0.4 is 20.5 Å². The van der Waals surface area contributed by atoms with E-state index < -0.39 is 10.0 Å². The highest BCUT2D eigenvalue weighted by molar-refractivity contribution is 7.92. The van der Waals surface area contributed by atoms with Gasteiger partial charge in [-0.3, -0.25) is 14.1 Å². The van der Waals surface area contributed by atoms with Crippen LogP contribution in [0.5, 0.6) is 0 Å². The van der Waals surface area contributed by atoms with Crippen molar-refractivity contribution in [1.82, 2.24) is 14.9 Å². The second-order valence-electron chi connectivity index (χ2n) is 9.46. The minimum Gasteiger partial charge on any atom is -0.355 e. The average Bonchev–Trinajstić information content (AvgIpc) is 3.22. The largest absolute Gasteiger partial charge is 0.355 e. The molecule has 38 heavy (non-hydrogen) atoms. The minimum absolute atomic E-state index is 0.166. The highest BCUT2D eigenvalue weighted by Gasteiger charge is 2.18. The Morgan fingerprint density at radius 2 is 1.68 bits per heavy atom. The number of nitrogens with one attached hydrogen (secondary N) is 2. The molecular weight excluding hydrogens is 498 g/mol. The van der Waals surface area contributed by atoms with Crippen LogP contribution in [0.4, 0.5) is 11.5 Å². The summed E-state index contributed by atoms with van der Waals surface area (Å²) in [5, 5.41) is 3.35. The molecule has 8 nitrogen and oxygen atoms in total. The van der Waals surface area contributed by atoms with Gasteiger partial charge in [0.15, 0.2) is 0 Å². The summed E-state index contributed by atoms with van der Waals surface area (Å²) in [5.41, 5.74) is 3.85. The molecule has 4 aromatic rings. The highest BCUT2D eigenvalue weighted by atomic mass is 32.2. The molecule has 9 heteroatoms. The lowest BCUT2D eigenvalue weighted by Gasteiger charge is -2.21. The van der Waals surface area contributed by atoms with E-state index in [-0.39, 0.29) is 17.0 Å². The van der Waals surface area contributed by atoms with Crippen LogP contribution in [0.2, 0.25) is 0 Å². The van der Waals surface area contributed by atoms with Gasteiger partial charge in [0, 0.05) is 25.7 Å². The molecule has 0 unspecified atom stereocenters. The molecule has 1 aliphatic rings. The summed E-state index contributed by atoms with van der Waals surface area (Å²) in [6, 6.07) is 23.6. The lowest BCUT2D eigenvalue weighted by Crippen LogP contribution is -2.31. The van der Waals surface area contributed by atoms with Gasteiger partial charge in [0.1, 0.15) is 12.1 Å². The monoisotopic (exact) mass is 529 g/mol. The van der Waals surface area contributed by atoms with Gasteiger partial charge in [-0.05, 0) is 54.8 Å². The Balaban J connectivity index is 1.37. The van der Waals surface area contributed by atoms with Crippen molar-refractivity contribution < 1.29 is 8.42 Å². The smallest absolute Gasteiger partial charge is 0.261 e. The Morgan fingerprint density at radius 3 is 2.45 bits per heavy atom. The Morgan fingerprint density at radius 1 is 0.921 bits per heavy atom. The number of benzene rings is 3. The van der Waals surface area contributed by atoms with Crippen molar-refractivity contribution in [3.8, 4) is 11.1 Å². The molecule has 0 spiro atoms. The molecule has 196 valence electrons. The maximum absolute atomic E-state index is 13.3. The van der Waals surface area contributed by atoms with Gasteiger partial charge >= 0.3 is 0 Å². The zero-order valence-electron chi connectivity index (χ0n) is 21.3. The second kappa shape index (κ2) is 11.2. The summed E-state index contributed by atoms with van der Waals surface area (Å²) in [4.78, 5) is 19.8. The Labute approximate surface area is 223 Å². The molecular formula is C29H31N5O3S. The van der Waals surface area contributed by atoms with Crippen LogP contribution in [0.3, 0.4) is 0 Å². The van der Waals surface area contributed by atoms with Crippen LogP contribution >= 0.6 is 0 Å². The van der Waals surface area contributed by atoms with Crippen molar-refractivity contribution >= 4 is 21.5 Å². The topological polar surface area (TPSA) is 96.3 Å². The lowest BCUT2D eigenvalue weighted by molar-refractivity contribution is 0.601. The van der Waals surface area contributed by atoms with Gasteiger partial charge in [-0.2, -0.15) is 0 Å². The molecule has 0 amide bonds. The lowest BCUT2D eigenvalue weighted by atomic mass is 10.1. The van der Waals surface area contributed by atoms with Crippen molar-refractivity contribution in [2.24, 2.45) is 0 Å². The van der Waals surface area contributed by atoms with E-state index in [0.717, 1.165) is 49.3 Å². The Bertz CT molecular complexity index is 1560. The van der Waals surface area contributed by atoms with Gasteiger partial charge in [-0.25, -0.2) is 13.4 Å². The third-order valence-electron chi connectivity index (χ3n) is 6.65.